The van der Waals surface area contributed by atoms with Crippen LogP contribution < -0.4 is 4.72 Å². The van der Waals surface area contributed by atoms with Gasteiger partial charge >= 0.3 is 0 Å². The molecule has 2 aromatic heterocycles. The Hall–Kier alpha value is -3.75. The van der Waals surface area contributed by atoms with Crippen molar-refractivity contribution in [2.45, 2.75) is 11.3 Å². The minimum atomic E-state index is -3.96. The van der Waals surface area contributed by atoms with Crippen LogP contribution >= 0.6 is 11.6 Å². The molecule has 3 aromatic carbocycles. The number of sulfonamides is 1. The molecule has 2 heterocycles. The maximum Gasteiger partial charge on any atom is 0.264 e. The third-order valence-corrected chi connectivity index (χ3v) is 7.25. The number of hydrogen-bond acceptors (Lipinski definition) is 4. The number of H-pyrrole nitrogens is 1. The first-order valence-electron chi connectivity index (χ1n) is 10.3. The predicted octanol–water partition coefficient (Wildman–Crippen LogP) is 5.81. The molecule has 0 aliphatic rings. The van der Waals surface area contributed by atoms with Gasteiger partial charge in [0.2, 0.25) is 0 Å². The van der Waals surface area contributed by atoms with E-state index in [9.17, 15) is 12.8 Å². The van der Waals surface area contributed by atoms with Gasteiger partial charge in [0, 0.05) is 35.1 Å². The molecular weight excluding hydrogens is 475 g/mol. The number of anilines is 1. The summed E-state index contributed by atoms with van der Waals surface area (Å²) in [7, 11) is -3.96. The number of halogens is 2. The van der Waals surface area contributed by atoms with Crippen LogP contribution in [0.5, 0.6) is 0 Å². The fourth-order valence-corrected chi connectivity index (χ4v) is 5.30. The van der Waals surface area contributed by atoms with Gasteiger partial charge in [0.15, 0.2) is 5.82 Å². The Labute approximate surface area is 200 Å². The van der Waals surface area contributed by atoms with Crippen molar-refractivity contribution < 1.29 is 12.8 Å². The number of nitrogens with one attached hydrogen (secondary N) is 2. The van der Waals surface area contributed by atoms with Crippen molar-refractivity contribution in [3.05, 3.63) is 107 Å². The fourth-order valence-electron chi connectivity index (χ4n) is 3.77. The third-order valence-electron chi connectivity index (χ3n) is 5.41. The number of nitrogens with zero attached hydrogens (tertiary/aromatic N) is 2. The maximum absolute atomic E-state index is 13.7. The summed E-state index contributed by atoms with van der Waals surface area (Å²) in [5, 5.41) is 0.955. The zero-order valence-electron chi connectivity index (χ0n) is 17.7. The molecule has 0 radical (unpaired) electrons. The van der Waals surface area contributed by atoms with Crippen molar-refractivity contribution in [3.63, 3.8) is 0 Å². The molecule has 0 saturated carbocycles. The highest BCUT2D eigenvalue weighted by molar-refractivity contribution is 7.92. The van der Waals surface area contributed by atoms with Gasteiger partial charge in [0.1, 0.15) is 16.4 Å². The van der Waals surface area contributed by atoms with Crippen molar-refractivity contribution in [1.29, 1.82) is 0 Å². The highest BCUT2D eigenvalue weighted by atomic mass is 35.5. The largest absolute Gasteiger partial charge is 0.361 e. The van der Waals surface area contributed by atoms with E-state index < -0.39 is 10.0 Å². The van der Waals surface area contributed by atoms with E-state index in [1.165, 1.54) is 36.7 Å². The lowest BCUT2D eigenvalue weighted by Crippen LogP contribution is -2.15. The second-order valence-electron chi connectivity index (χ2n) is 7.67. The first-order valence-corrected chi connectivity index (χ1v) is 12.2. The molecule has 0 spiro atoms. The zero-order chi connectivity index (χ0) is 23.7. The smallest absolute Gasteiger partial charge is 0.264 e. The molecule has 0 aliphatic carbocycles. The third kappa shape index (κ3) is 4.37. The zero-order valence-corrected chi connectivity index (χ0v) is 19.2. The van der Waals surface area contributed by atoms with Crippen molar-refractivity contribution in [2.75, 3.05) is 4.72 Å². The Kier molecular flexibility index (Phi) is 5.77. The van der Waals surface area contributed by atoms with Gasteiger partial charge in [-0.15, -0.1) is 0 Å². The fraction of sp³-hybridized carbons (Fsp3) is 0.0400. The standard InChI is InChI=1S/C25H18ClFN4O2S/c26-21-3-1-2-4-23(21)34(32,33)31-25-24(28-11-12-29-25)17-7-5-16(6-8-17)13-18-15-30-22-10-9-19(27)14-20(18)22/h1-12,14-15,30H,13H2,(H,29,31). The molecule has 34 heavy (non-hydrogen) atoms. The summed E-state index contributed by atoms with van der Waals surface area (Å²) in [6.45, 7) is 0. The van der Waals surface area contributed by atoms with Gasteiger partial charge < -0.3 is 4.98 Å². The van der Waals surface area contributed by atoms with Gasteiger partial charge in [-0.05, 0) is 47.9 Å². The van der Waals surface area contributed by atoms with Gasteiger partial charge in [-0.2, -0.15) is 0 Å². The summed E-state index contributed by atoms with van der Waals surface area (Å²) in [5.74, 6) is -0.180. The Morgan fingerprint density at radius 2 is 1.74 bits per heavy atom. The Morgan fingerprint density at radius 1 is 0.971 bits per heavy atom. The van der Waals surface area contributed by atoms with Gasteiger partial charge in [0.05, 0.1) is 5.02 Å². The SMILES string of the molecule is O=S(=O)(Nc1nccnc1-c1ccc(Cc2c[nH]c3ccc(F)cc23)cc1)c1ccccc1Cl. The summed E-state index contributed by atoms with van der Waals surface area (Å²) >= 11 is 6.07. The lowest BCUT2D eigenvalue weighted by atomic mass is 10.0. The first kappa shape index (κ1) is 22.1. The van der Waals surface area contributed by atoms with E-state index >= 15 is 0 Å². The summed E-state index contributed by atoms with van der Waals surface area (Å²) in [6.07, 6.45) is 5.40. The first-order chi connectivity index (χ1) is 16.4. The number of fused-ring (bicyclic) bond motifs is 1. The van der Waals surface area contributed by atoms with Gasteiger partial charge in [-0.25, -0.2) is 17.8 Å². The van der Waals surface area contributed by atoms with E-state index in [0.717, 1.165) is 22.0 Å². The van der Waals surface area contributed by atoms with Gasteiger partial charge in [0.25, 0.3) is 10.0 Å². The maximum atomic E-state index is 13.7. The number of aromatic nitrogens is 3. The number of benzene rings is 3. The Bertz CT molecular complexity index is 1600. The average Bonchev–Trinajstić information content (AvgIpc) is 3.21. The van der Waals surface area contributed by atoms with E-state index in [1.54, 1.807) is 18.2 Å². The van der Waals surface area contributed by atoms with Crippen LogP contribution in [0.2, 0.25) is 5.02 Å². The van der Waals surface area contributed by atoms with Crippen molar-refractivity contribution in [3.8, 4) is 11.3 Å². The molecule has 6 nitrogen and oxygen atoms in total. The molecule has 0 bridgehead atoms. The minimum absolute atomic E-state index is 0.0428. The number of hydrogen-bond donors (Lipinski definition) is 2. The lowest BCUT2D eigenvalue weighted by Gasteiger charge is -2.12. The van der Waals surface area contributed by atoms with E-state index in [2.05, 4.69) is 19.7 Å². The van der Waals surface area contributed by atoms with Gasteiger partial charge in [-0.1, -0.05) is 48.0 Å². The molecule has 0 saturated heterocycles. The highest BCUT2D eigenvalue weighted by Gasteiger charge is 2.20. The minimum Gasteiger partial charge on any atom is -0.361 e. The van der Waals surface area contributed by atoms with Crippen LogP contribution in [0, 0.1) is 5.82 Å². The topological polar surface area (TPSA) is 87.7 Å². The van der Waals surface area contributed by atoms with Gasteiger partial charge in [-0.3, -0.25) is 9.71 Å². The van der Waals surface area contributed by atoms with Crippen molar-refractivity contribution in [1.82, 2.24) is 15.0 Å². The van der Waals surface area contributed by atoms with Crippen LogP contribution in [-0.2, 0) is 16.4 Å². The second-order valence-corrected chi connectivity index (χ2v) is 9.73. The van der Waals surface area contributed by atoms with E-state index in [-0.39, 0.29) is 21.6 Å². The van der Waals surface area contributed by atoms with Crippen LogP contribution in [0.1, 0.15) is 11.1 Å². The van der Waals surface area contributed by atoms with E-state index in [4.69, 9.17) is 11.6 Å². The van der Waals surface area contributed by atoms with Crippen LogP contribution in [-0.4, -0.2) is 23.4 Å². The van der Waals surface area contributed by atoms with Crippen LogP contribution in [0.15, 0.2) is 90.2 Å². The molecule has 5 rings (SSSR count). The summed E-state index contributed by atoms with van der Waals surface area (Å²) < 4.78 is 41.9. The monoisotopic (exact) mass is 492 g/mol. The molecule has 0 unspecified atom stereocenters. The Morgan fingerprint density at radius 3 is 2.53 bits per heavy atom. The normalized spacial score (nSPS) is 11.6. The molecule has 0 fully saturated rings. The van der Waals surface area contributed by atoms with Crippen LogP contribution in [0.25, 0.3) is 22.2 Å². The molecule has 5 aromatic rings. The quantitative estimate of drug-likeness (QED) is 0.313. The summed E-state index contributed by atoms with van der Waals surface area (Å²) in [5.41, 5.74) is 3.95. The summed E-state index contributed by atoms with van der Waals surface area (Å²) in [4.78, 5) is 11.6. The van der Waals surface area contributed by atoms with Crippen LogP contribution in [0.4, 0.5) is 10.2 Å². The number of aromatic amines is 1. The predicted molar refractivity (Wildman–Crippen MR) is 131 cm³/mol. The Balaban J connectivity index is 1.42. The molecule has 2 N–H and O–H groups in total. The molecular formula is C25H18ClFN4O2S. The summed E-state index contributed by atoms with van der Waals surface area (Å²) in [6, 6.07) is 18.4. The van der Waals surface area contributed by atoms with Crippen LogP contribution in [0.3, 0.4) is 0 Å². The molecule has 0 aliphatic heterocycles. The van der Waals surface area contributed by atoms with Crippen molar-refractivity contribution >= 4 is 38.3 Å². The van der Waals surface area contributed by atoms with E-state index in [0.29, 0.717) is 17.7 Å². The second kappa shape index (κ2) is 8.89. The molecule has 0 atom stereocenters. The van der Waals surface area contributed by atoms with E-state index in [1.807, 2.05) is 30.5 Å². The molecule has 170 valence electrons. The average molecular weight is 493 g/mol. The highest BCUT2D eigenvalue weighted by Crippen LogP contribution is 2.29. The molecule has 0 amide bonds. The molecule has 9 heteroatoms. The lowest BCUT2D eigenvalue weighted by molar-refractivity contribution is 0.601. The number of rotatable bonds is 6. The van der Waals surface area contributed by atoms with Crippen molar-refractivity contribution in [2.24, 2.45) is 0 Å².